The van der Waals surface area contributed by atoms with E-state index in [1.807, 2.05) is 37.3 Å². The first-order valence-corrected chi connectivity index (χ1v) is 8.62. The molecule has 0 aliphatic heterocycles. The number of benzene rings is 2. The van der Waals surface area contributed by atoms with Crippen molar-refractivity contribution in [2.45, 2.75) is 20.3 Å². The number of hydrogen-bond acceptors (Lipinski definition) is 5. The number of nitrogens with one attached hydrogen (secondary N) is 2. The molecular weight excluding hydrogens is 342 g/mol. The van der Waals surface area contributed by atoms with Crippen LogP contribution in [0.15, 0.2) is 60.3 Å². The summed E-state index contributed by atoms with van der Waals surface area (Å²) >= 11 is 0. The van der Waals surface area contributed by atoms with E-state index in [-0.39, 0.29) is 23.4 Å². The molecule has 0 spiro atoms. The van der Waals surface area contributed by atoms with E-state index < -0.39 is 11.9 Å². The quantitative estimate of drug-likeness (QED) is 0.442. The highest BCUT2D eigenvalue weighted by molar-refractivity contribution is 6.09. The molecule has 0 heterocycles. The number of anilines is 2. The molecule has 0 aliphatic carbocycles. The van der Waals surface area contributed by atoms with Crippen LogP contribution < -0.4 is 10.6 Å². The first-order valence-electron chi connectivity index (χ1n) is 8.62. The molecule has 0 fully saturated rings. The topological polar surface area (TPSA) is 91.2 Å². The van der Waals surface area contributed by atoms with E-state index >= 15 is 0 Å². The molecule has 0 aromatic heterocycles. The molecule has 2 rings (SSSR count). The van der Waals surface area contributed by atoms with Crippen molar-refractivity contribution >= 4 is 23.3 Å². The van der Waals surface area contributed by atoms with Gasteiger partial charge < -0.3 is 15.4 Å². The van der Waals surface area contributed by atoms with Crippen LogP contribution in [-0.2, 0) is 16.0 Å². The van der Waals surface area contributed by atoms with Crippen molar-refractivity contribution in [1.82, 2.24) is 0 Å². The molecule has 6 nitrogen and oxygen atoms in total. The van der Waals surface area contributed by atoms with Gasteiger partial charge in [0.2, 0.25) is 0 Å². The third kappa shape index (κ3) is 5.19. The van der Waals surface area contributed by atoms with Gasteiger partial charge in [0.25, 0.3) is 5.91 Å². The average Bonchev–Trinajstić information content (AvgIpc) is 2.69. The van der Waals surface area contributed by atoms with Gasteiger partial charge in [0.15, 0.2) is 0 Å². The van der Waals surface area contributed by atoms with Crippen molar-refractivity contribution in [1.29, 1.82) is 5.26 Å². The molecule has 0 aliphatic rings. The minimum Gasteiger partial charge on any atom is -0.462 e. The molecule has 1 amide bonds. The Morgan fingerprint density at radius 1 is 1.07 bits per heavy atom. The van der Waals surface area contributed by atoms with Crippen molar-refractivity contribution in [3.05, 3.63) is 71.4 Å². The Bertz CT molecular complexity index is 898. The lowest BCUT2D eigenvalue weighted by molar-refractivity contribution is -0.112. The fourth-order valence-corrected chi connectivity index (χ4v) is 2.44. The zero-order chi connectivity index (χ0) is 19.6. The van der Waals surface area contributed by atoms with E-state index in [0.717, 1.165) is 17.7 Å². The zero-order valence-corrected chi connectivity index (χ0v) is 15.3. The van der Waals surface area contributed by atoms with Gasteiger partial charge in [0, 0.05) is 11.9 Å². The normalized spacial score (nSPS) is 10.6. The summed E-state index contributed by atoms with van der Waals surface area (Å²) in [4.78, 5) is 24.5. The summed E-state index contributed by atoms with van der Waals surface area (Å²) in [6.45, 7) is 3.95. The van der Waals surface area contributed by atoms with Gasteiger partial charge >= 0.3 is 5.97 Å². The Morgan fingerprint density at radius 3 is 2.41 bits per heavy atom. The predicted molar refractivity (Wildman–Crippen MR) is 104 cm³/mol. The minimum atomic E-state index is -0.615. The number of rotatable bonds is 7. The van der Waals surface area contributed by atoms with E-state index in [1.165, 1.54) is 6.20 Å². The van der Waals surface area contributed by atoms with Crippen molar-refractivity contribution < 1.29 is 14.3 Å². The SMILES string of the molecule is CCOC(=O)c1ccccc1NC(=O)/C(C#N)=C\Nc1ccccc1CC. The summed E-state index contributed by atoms with van der Waals surface area (Å²) in [5, 5.41) is 14.9. The third-order valence-electron chi connectivity index (χ3n) is 3.81. The van der Waals surface area contributed by atoms with Crippen LogP contribution in [0.3, 0.4) is 0 Å². The Morgan fingerprint density at radius 2 is 1.74 bits per heavy atom. The Labute approximate surface area is 158 Å². The second-order valence-electron chi connectivity index (χ2n) is 5.55. The number of esters is 1. The molecule has 0 unspecified atom stereocenters. The van der Waals surface area contributed by atoms with Crippen molar-refractivity contribution in [2.24, 2.45) is 0 Å². The lowest BCUT2D eigenvalue weighted by Crippen LogP contribution is -2.17. The number of hydrogen-bond donors (Lipinski definition) is 2. The molecule has 138 valence electrons. The monoisotopic (exact) mass is 363 g/mol. The van der Waals surface area contributed by atoms with Crippen LogP contribution in [0.25, 0.3) is 0 Å². The second kappa shape index (κ2) is 9.78. The van der Waals surface area contributed by atoms with Crippen LogP contribution in [0.1, 0.15) is 29.8 Å². The van der Waals surface area contributed by atoms with E-state index in [0.29, 0.717) is 0 Å². The number of carbonyl (C=O) groups is 2. The lowest BCUT2D eigenvalue weighted by atomic mass is 10.1. The lowest BCUT2D eigenvalue weighted by Gasteiger charge is -2.10. The molecule has 0 saturated heterocycles. The van der Waals surface area contributed by atoms with Gasteiger partial charge in [-0.05, 0) is 37.1 Å². The number of ether oxygens (including phenoxy) is 1. The summed E-state index contributed by atoms with van der Waals surface area (Å²) in [5.74, 6) is -1.15. The van der Waals surface area contributed by atoms with Gasteiger partial charge in [0.05, 0.1) is 17.9 Å². The standard InChI is InChI=1S/C21H21N3O3/c1-3-15-9-5-7-11-18(15)23-14-16(13-22)20(25)24-19-12-8-6-10-17(19)21(26)27-4-2/h5-12,14,23H,3-4H2,1-2H3,(H,24,25)/b16-14-. The molecular formula is C21H21N3O3. The van der Waals surface area contributed by atoms with Crippen LogP contribution in [0, 0.1) is 11.3 Å². The molecule has 0 saturated carbocycles. The van der Waals surface area contributed by atoms with Gasteiger partial charge in [-0.1, -0.05) is 37.3 Å². The third-order valence-corrected chi connectivity index (χ3v) is 3.81. The number of para-hydroxylation sites is 2. The second-order valence-corrected chi connectivity index (χ2v) is 5.55. The molecule has 0 bridgehead atoms. The fourth-order valence-electron chi connectivity index (χ4n) is 2.44. The summed E-state index contributed by atoms with van der Waals surface area (Å²) in [5.41, 5.74) is 2.30. The fraction of sp³-hybridized carbons (Fsp3) is 0.190. The van der Waals surface area contributed by atoms with Crippen LogP contribution in [0.4, 0.5) is 11.4 Å². The Balaban J connectivity index is 2.19. The number of nitriles is 1. The first-order chi connectivity index (χ1) is 13.1. The first kappa shape index (κ1) is 19.7. The van der Waals surface area contributed by atoms with Gasteiger partial charge in [0.1, 0.15) is 11.6 Å². The summed E-state index contributed by atoms with van der Waals surface area (Å²) in [7, 11) is 0. The maximum atomic E-state index is 12.5. The minimum absolute atomic E-state index is 0.112. The molecule has 2 aromatic carbocycles. The van der Waals surface area contributed by atoms with E-state index in [1.54, 1.807) is 31.2 Å². The van der Waals surface area contributed by atoms with Gasteiger partial charge in [-0.2, -0.15) is 5.26 Å². The molecule has 2 aromatic rings. The van der Waals surface area contributed by atoms with Gasteiger partial charge in [-0.25, -0.2) is 4.79 Å². The van der Waals surface area contributed by atoms with Crippen LogP contribution in [0.2, 0.25) is 0 Å². The summed E-state index contributed by atoms with van der Waals surface area (Å²) in [6.07, 6.45) is 2.18. The maximum absolute atomic E-state index is 12.5. The largest absolute Gasteiger partial charge is 0.462 e. The van der Waals surface area contributed by atoms with Crippen molar-refractivity contribution in [3.8, 4) is 6.07 Å². The average molecular weight is 363 g/mol. The molecule has 2 N–H and O–H groups in total. The number of nitrogens with zero attached hydrogens (tertiary/aromatic N) is 1. The van der Waals surface area contributed by atoms with Crippen LogP contribution in [-0.4, -0.2) is 18.5 Å². The predicted octanol–water partition coefficient (Wildman–Crippen LogP) is 3.88. The molecule has 0 radical (unpaired) electrons. The Hall–Kier alpha value is -3.59. The number of carbonyl (C=O) groups excluding carboxylic acids is 2. The van der Waals surface area contributed by atoms with Gasteiger partial charge in [-0.15, -0.1) is 0 Å². The van der Waals surface area contributed by atoms with E-state index in [9.17, 15) is 14.9 Å². The molecule has 6 heteroatoms. The Kier molecular flexibility index (Phi) is 7.15. The highest BCUT2D eigenvalue weighted by atomic mass is 16.5. The number of amides is 1. The van der Waals surface area contributed by atoms with E-state index in [2.05, 4.69) is 10.6 Å². The van der Waals surface area contributed by atoms with Crippen molar-refractivity contribution in [2.75, 3.05) is 17.2 Å². The molecule has 0 atom stereocenters. The van der Waals surface area contributed by atoms with Gasteiger partial charge in [-0.3, -0.25) is 4.79 Å². The highest BCUT2D eigenvalue weighted by Gasteiger charge is 2.16. The van der Waals surface area contributed by atoms with Crippen LogP contribution in [0.5, 0.6) is 0 Å². The molecule has 27 heavy (non-hydrogen) atoms. The van der Waals surface area contributed by atoms with Crippen molar-refractivity contribution in [3.63, 3.8) is 0 Å². The zero-order valence-electron chi connectivity index (χ0n) is 15.3. The maximum Gasteiger partial charge on any atom is 0.340 e. The van der Waals surface area contributed by atoms with Crippen LogP contribution >= 0.6 is 0 Å². The number of aryl methyl sites for hydroxylation is 1. The summed E-state index contributed by atoms with van der Waals surface area (Å²) in [6, 6.07) is 16.0. The summed E-state index contributed by atoms with van der Waals surface area (Å²) < 4.78 is 4.99. The highest BCUT2D eigenvalue weighted by Crippen LogP contribution is 2.18. The smallest absolute Gasteiger partial charge is 0.340 e. The van der Waals surface area contributed by atoms with E-state index in [4.69, 9.17) is 4.74 Å².